The highest BCUT2D eigenvalue weighted by molar-refractivity contribution is 6.30. The Bertz CT molecular complexity index is 357. The molecule has 0 heterocycles. The molecule has 0 saturated heterocycles. The van der Waals surface area contributed by atoms with Crippen LogP contribution in [0.25, 0.3) is 0 Å². The maximum absolute atomic E-state index is 12.7. The average Bonchev–Trinajstić information content (AvgIpc) is 2.08. The standard InChI is InChI=1S/C9H9ClFNO2/c10-6-3-5(1-2-7(6)11)8(12)4-9(13)14/h1-3,8H,4,12H2,(H,13,14)/t8-/m0/s1. The predicted octanol–water partition coefficient (Wildman–Crippen LogP) is 1.95. The fourth-order valence-electron chi connectivity index (χ4n) is 1.05. The van der Waals surface area contributed by atoms with Gasteiger partial charge in [-0.25, -0.2) is 4.39 Å². The minimum Gasteiger partial charge on any atom is -0.481 e. The van der Waals surface area contributed by atoms with Crippen LogP contribution in [-0.2, 0) is 4.79 Å². The molecule has 0 aliphatic carbocycles. The highest BCUT2D eigenvalue weighted by Crippen LogP contribution is 2.21. The Morgan fingerprint density at radius 2 is 2.29 bits per heavy atom. The molecule has 3 N–H and O–H groups in total. The van der Waals surface area contributed by atoms with E-state index in [1.165, 1.54) is 18.2 Å². The second-order valence-electron chi connectivity index (χ2n) is 2.88. The van der Waals surface area contributed by atoms with Crippen molar-refractivity contribution in [1.29, 1.82) is 0 Å². The molecule has 0 saturated carbocycles. The van der Waals surface area contributed by atoms with Gasteiger partial charge in [0.1, 0.15) is 5.82 Å². The van der Waals surface area contributed by atoms with E-state index in [0.717, 1.165) is 0 Å². The maximum atomic E-state index is 12.7. The third kappa shape index (κ3) is 2.68. The van der Waals surface area contributed by atoms with Crippen LogP contribution in [0, 0.1) is 5.82 Å². The van der Waals surface area contributed by atoms with E-state index < -0.39 is 17.8 Å². The number of rotatable bonds is 3. The van der Waals surface area contributed by atoms with Crippen molar-refractivity contribution in [3.05, 3.63) is 34.6 Å². The van der Waals surface area contributed by atoms with Crippen LogP contribution in [0.4, 0.5) is 4.39 Å². The summed E-state index contributed by atoms with van der Waals surface area (Å²) in [6.07, 6.45) is -0.206. The van der Waals surface area contributed by atoms with Gasteiger partial charge in [0.15, 0.2) is 0 Å². The third-order valence-corrected chi connectivity index (χ3v) is 2.06. The molecule has 0 spiro atoms. The molecule has 0 aliphatic heterocycles. The van der Waals surface area contributed by atoms with E-state index in [0.29, 0.717) is 5.56 Å². The summed E-state index contributed by atoms with van der Waals surface area (Å²) in [6.45, 7) is 0. The zero-order valence-corrected chi connectivity index (χ0v) is 7.96. The van der Waals surface area contributed by atoms with Gasteiger partial charge in [-0.15, -0.1) is 0 Å². The summed E-state index contributed by atoms with van der Waals surface area (Å²) in [5, 5.41) is 8.43. The second-order valence-corrected chi connectivity index (χ2v) is 3.29. The van der Waals surface area contributed by atoms with Gasteiger partial charge in [0.2, 0.25) is 0 Å². The molecule has 0 bridgehead atoms. The molecule has 0 aliphatic rings. The molecule has 0 amide bonds. The summed E-state index contributed by atoms with van der Waals surface area (Å²) in [6, 6.07) is 3.27. The largest absolute Gasteiger partial charge is 0.481 e. The van der Waals surface area contributed by atoms with Gasteiger partial charge in [0, 0.05) is 6.04 Å². The van der Waals surface area contributed by atoms with E-state index in [1.807, 2.05) is 0 Å². The SMILES string of the molecule is N[C@@H](CC(=O)O)c1ccc(F)c(Cl)c1. The van der Waals surface area contributed by atoms with E-state index in [1.54, 1.807) is 0 Å². The average molecular weight is 218 g/mol. The zero-order chi connectivity index (χ0) is 10.7. The quantitative estimate of drug-likeness (QED) is 0.814. The Labute approximate surface area is 85.3 Å². The van der Waals surface area contributed by atoms with Gasteiger partial charge < -0.3 is 10.8 Å². The minimum absolute atomic E-state index is 0.0525. The summed E-state index contributed by atoms with van der Waals surface area (Å²) in [5.41, 5.74) is 6.07. The first-order valence-corrected chi connectivity index (χ1v) is 4.31. The monoisotopic (exact) mass is 217 g/mol. The minimum atomic E-state index is -1.00. The lowest BCUT2D eigenvalue weighted by molar-refractivity contribution is -0.137. The van der Waals surface area contributed by atoms with Gasteiger partial charge in [0.25, 0.3) is 0 Å². The summed E-state index contributed by atoms with van der Waals surface area (Å²) in [5.74, 6) is -1.55. The van der Waals surface area contributed by atoms with Gasteiger partial charge in [0.05, 0.1) is 11.4 Å². The maximum Gasteiger partial charge on any atom is 0.305 e. The van der Waals surface area contributed by atoms with Crippen LogP contribution in [0.1, 0.15) is 18.0 Å². The Balaban J connectivity index is 2.85. The van der Waals surface area contributed by atoms with Crippen LogP contribution >= 0.6 is 11.6 Å². The number of carbonyl (C=O) groups is 1. The van der Waals surface area contributed by atoms with Crippen LogP contribution in [0.2, 0.25) is 5.02 Å². The van der Waals surface area contributed by atoms with Crippen molar-refractivity contribution in [2.24, 2.45) is 5.73 Å². The van der Waals surface area contributed by atoms with E-state index in [4.69, 9.17) is 22.4 Å². The molecule has 0 radical (unpaired) electrons. The molecule has 0 fully saturated rings. The number of carboxylic acid groups (broad SMARTS) is 1. The molecule has 76 valence electrons. The molecule has 3 nitrogen and oxygen atoms in total. The lowest BCUT2D eigenvalue weighted by atomic mass is 10.1. The lowest BCUT2D eigenvalue weighted by Crippen LogP contribution is -2.14. The van der Waals surface area contributed by atoms with Gasteiger partial charge in [-0.2, -0.15) is 0 Å². The molecule has 0 aromatic heterocycles. The fourth-order valence-corrected chi connectivity index (χ4v) is 1.24. The van der Waals surface area contributed by atoms with Gasteiger partial charge in [-0.3, -0.25) is 4.79 Å². The van der Waals surface area contributed by atoms with Crippen LogP contribution in [-0.4, -0.2) is 11.1 Å². The molecule has 1 rings (SSSR count). The van der Waals surface area contributed by atoms with Gasteiger partial charge in [-0.05, 0) is 17.7 Å². The van der Waals surface area contributed by atoms with Crippen molar-refractivity contribution in [2.45, 2.75) is 12.5 Å². The van der Waals surface area contributed by atoms with Crippen LogP contribution in [0.5, 0.6) is 0 Å². The molecule has 5 heteroatoms. The van der Waals surface area contributed by atoms with Gasteiger partial charge >= 0.3 is 5.97 Å². The molecule has 0 unspecified atom stereocenters. The zero-order valence-electron chi connectivity index (χ0n) is 7.21. The van der Waals surface area contributed by atoms with E-state index >= 15 is 0 Å². The normalized spacial score (nSPS) is 12.5. The summed E-state index contributed by atoms with van der Waals surface area (Å²) < 4.78 is 12.7. The molecule has 1 aromatic rings. The Morgan fingerprint density at radius 1 is 1.64 bits per heavy atom. The number of hydrogen-bond acceptors (Lipinski definition) is 2. The van der Waals surface area contributed by atoms with Crippen LogP contribution < -0.4 is 5.73 Å². The fraction of sp³-hybridized carbons (Fsp3) is 0.222. The van der Waals surface area contributed by atoms with Crippen molar-refractivity contribution in [3.8, 4) is 0 Å². The van der Waals surface area contributed by atoms with E-state index in [2.05, 4.69) is 0 Å². The predicted molar refractivity (Wildman–Crippen MR) is 50.6 cm³/mol. The highest BCUT2D eigenvalue weighted by Gasteiger charge is 2.11. The molecular formula is C9H9ClFNO2. The van der Waals surface area contributed by atoms with Crippen molar-refractivity contribution >= 4 is 17.6 Å². The smallest absolute Gasteiger partial charge is 0.305 e. The Morgan fingerprint density at radius 3 is 2.79 bits per heavy atom. The Hall–Kier alpha value is -1.13. The molecule has 1 aromatic carbocycles. The van der Waals surface area contributed by atoms with E-state index in [9.17, 15) is 9.18 Å². The van der Waals surface area contributed by atoms with Crippen molar-refractivity contribution in [1.82, 2.24) is 0 Å². The van der Waals surface area contributed by atoms with Crippen LogP contribution in [0.3, 0.4) is 0 Å². The number of carboxylic acids is 1. The lowest BCUT2D eigenvalue weighted by Gasteiger charge is -2.09. The molecule has 1 atom stereocenters. The number of hydrogen-bond donors (Lipinski definition) is 2. The summed E-state index contributed by atoms with van der Waals surface area (Å²) in [7, 11) is 0. The topological polar surface area (TPSA) is 63.3 Å². The first-order valence-electron chi connectivity index (χ1n) is 3.93. The first kappa shape index (κ1) is 10.9. The number of aliphatic carboxylic acids is 1. The highest BCUT2D eigenvalue weighted by atomic mass is 35.5. The summed E-state index contributed by atoms with van der Waals surface area (Å²) >= 11 is 5.52. The van der Waals surface area contributed by atoms with Crippen molar-refractivity contribution in [3.63, 3.8) is 0 Å². The summed E-state index contributed by atoms with van der Waals surface area (Å²) in [4.78, 5) is 10.3. The van der Waals surface area contributed by atoms with Gasteiger partial charge in [-0.1, -0.05) is 17.7 Å². The third-order valence-electron chi connectivity index (χ3n) is 1.77. The van der Waals surface area contributed by atoms with Crippen molar-refractivity contribution in [2.75, 3.05) is 0 Å². The van der Waals surface area contributed by atoms with Crippen LogP contribution in [0.15, 0.2) is 18.2 Å². The number of nitrogens with two attached hydrogens (primary N) is 1. The van der Waals surface area contributed by atoms with Crippen molar-refractivity contribution < 1.29 is 14.3 Å². The second kappa shape index (κ2) is 4.39. The number of halogens is 2. The molecular weight excluding hydrogens is 209 g/mol. The molecule has 14 heavy (non-hydrogen) atoms. The Kier molecular flexibility index (Phi) is 3.43. The first-order chi connectivity index (χ1) is 6.50. The van der Waals surface area contributed by atoms with E-state index in [-0.39, 0.29) is 11.4 Å². The number of benzene rings is 1.